The minimum absolute atomic E-state index is 0.245. The van der Waals surface area contributed by atoms with Crippen LogP contribution in [0.2, 0.25) is 0 Å². The van der Waals surface area contributed by atoms with Gasteiger partial charge in [-0.3, -0.25) is 4.79 Å². The predicted octanol–water partition coefficient (Wildman–Crippen LogP) is 5.42. The minimum Gasteiger partial charge on any atom is -0.481 e. The lowest BCUT2D eigenvalue weighted by Gasteiger charge is -2.14. The number of carboxylic acids is 1. The van der Waals surface area contributed by atoms with Gasteiger partial charge in [-0.2, -0.15) is 0 Å². The molecule has 1 aliphatic carbocycles. The van der Waals surface area contributed by atoms with Gasteiger partial charge in [-0.15, -0.1) is 11.3 Å². The van der Waals surface area contributed by atoms with Crippen molar-refractivity contribution in [3.63, 3.8) is 0 Å². The van der Waals surface area contributed by atoms with Crippen LogP contribution in [0.15, 0.2) is 48.5 Å². The van der Waals surface area contributed by atoms with Gasteiger partial charge in [-0.05, 0) is 38.8 Å². The highest BCUT2D eigenvalue weighted by Crippen LogP contribution is 2.37. The van der Waals surface area contributed by atoms with E-state index in [9.17, 15) is 4.79 Å². The quantitative estimate of drug-likeness (QED) is 0.155. The Bertz CT molecular complexity index is 1290. The monoisotopic (exact) mass is 448 g/mol. The topological polar surface area (TPSA) is 65.2 Å². The van der Waals surface area contributed by atoms with Gasteiger partial charge in [0.1, 0.15) is 13.1 Å². The first kappa shape index (κ1) is 22.2. The zero-order chi connectivity index (χ0) is 22.5. The predicted molar refractivity (Wildman–Crippen MR) is 135 cm³/mol. The number of fused-ring (bicyclic) bond motifs is 4. The number of rotatable bonds is 9. The number of nitrogens with zero attached hydrogens (tertiary/aromatic N) is 2. The molecule has 5 nitrogen and oxygen atoms in total. The Morgan fingerprint density at radius 2 is 1.81 bits per heavy atom. The molecule has 0 bridgehead atoms. The molecule has 0 radical (unpaired) electrons. The molecule has 6 heteroatoms. The standard InChI is InChI=1S/C26H29N3O2S/c1-3-29(4-2)18-13-14-21-23(16-18)32-24-17-22(27-15-9-5-6-12-25(30)31)19-10-7-8-11-20(19)26(24)28-21/h7-8,10-11,13-14,16-17H,3-6,9,12,15H2,1-2H3,(H,30,31)/p+1. The highest BCUT2D eigenvalue weighted by molar-refractivity contribution is 7.21. The lowest BCUT2D eigenvalue weighted by molar-refractivity contribution is -0.137. The molecule has 2 aliphatic rings. The molecule has 0 amide bonds. The van der Waals surface area contributed by atoms with E-state index in [2.05, 4.69) is 72.3 Å². The number of aromatic nitrogens is 1. The average molecular weight is 449 g/mol. The molecule has 1 aliphatic heterocycles. The van der Waals surface area contributed by atoms with E-state index >= 15 is 0 Å². The molecule has 4 rings (SSSR count). The summed E-state index contributed by atoms with van der Waals surface area (Å²) in [6, 6.07) is 17.2. The number of aliphatic carboxylic acids is 1. The van der Waals surface area contributed by atoms with E-state index in [1.165, 1.54) is 20.3 Å². The molecule has 0 saturated carbocycles. The van der Waals surface area contributed by atoms with Crippen molar-refractivity contribution >= 4 is 44.0 Å². The van der Waals surface area contributed by atoms with Gasteiger partial charge >= 0.3 is 5.97 Å². The summed E-state index contributed by atoms with van der Waals surface area (Å²) < 4.78 is 3.52. The highest BCUT2D eigenvalue weighted by atomic mass is 32.1. The number of benzene rings is 3. The van der Waals surface area contributed by atoms with Crippen LogP contribution >= 0.6 is 11.3 Å². The van der Waals surface area contributed by atoms with E-state index in [1.807, 2.05) is 0 Å². The van der Waals surface area contributed by atoms with Crippen molar-refractivity contribution in [3.05, 3.63) is 53.9 Å². The Balaban J connectivity index is 1.72. The van der Waals surface area contributed by atoms with Crippen LogP contribution in [0.25, 0.3) is 31.6 Å². The van der Waals surface area contributed by atoms with Crippen LogP contribution in [0.1, 0.15) is 39.5 Å². The fraction of sp³-hybridized carbons (Fsp3) is 0.346. The molecule has 166 valence electrons. The van der Waals surface area contributed by atoms with Gasteiger partial charge in [0.15, 0.2) is 0 Å². The van der Waals surface area contributed by atoms with E-state index < -0.39 is 5.97 Å². The van der Waals surface area contributed by atoms with Crippen LogP contribution < -0.4 is 15.2 Å². The summed E-state index contributed by atoms with van der Waals surface area (Å²) in [5.41, 5.74) is 3.19. The van der Waals surface area contributed by atoms with Gasteiger partial charge in [0.25, 0.3) is 0 Å². The summed E-state index contributed by atoms with van der Waals surface area (Å²) in [5, 5.41) is 15.9. The summed E-state index contributed by atoms with van der Waals surface area (Å²) in [5.74, 6) is -0.719. The Labute approximate surface area is 192 Å². The third kappa shape index (κ3) is 4.75. The van der Waals surface area contributed by atoms with Crippen molar-refractivity contribution in [1.82, 2.24) is 9.56 Å². The van der Waals surface area contributed by atoms with Crippen LogP contribution in [-0.2, 0) is 4.79 Å². The number of hydrogen-bond donors (Lipinski definition) is 2. The van der Waals surface area contributed by atoms with Crippen molar-refractivity contribution < 1.29 is 9.90 Å². The van der Waals surface area contributed by atoms with Crippen molar-refractivity contribution in [1.29, 1.82) is 0 Å². The Morgan fingerprint density at radius 3 is 2.56 bits per heavy atom. The molecule has 32 heavy (non-hydrogen) atoms. The fourth-order valence-electron chi connectivity index (χ4n) is 4.18. The van der Waals surface area contributed by atoms with Gasteiger partial charge in [0.05, 0.1) is 20.8 Å². The second kappa shape index (κ2) is 10.1. The first-order chi connectivity index (χ1) is 15.6. The maximum atomic E-state index is 10.7. The number of anilines is 1. The van der Waals surface area contributed by atoms with Gasteiger partial charge < -0.3 is 10.4 Å². The number of carboxylic acid groups (broad SMARTS) is 1. The molecule has 2 aromatic rings. The maximum Gasteiger partial charge on any atom is 0.303 e. The second-order valence-electron chi connectivity index (χ2n) is 7.99. The van der Waals surface area contributed by atoms with Crippen LogP contribution in [0, 0.1) is 0 Å². The zero-order valence-electron chi connectivity index (χ0n) is 18.7. The molecule has 0 atom stereocenters. The number of hydrogen-bond acceptors (Lipinski definition) is 4. The van der Waals surface area contributed by atoms with Gasteiger partial charge in [0.2, 0.25) is 5.36 Å². The molecular weight excluding hydrogens is 418 g/mol. The van der Waals surface area contributed by atoms with E-state index in [-0.39, 0.29) is 6.42 Å². The van der Waals surface area contributed by atoms with Crippen molar-refractivity contribution in [2.24, 2.45) is 0 Å². The van der Waals surface area contributed by atoms with Crippen molar-refractivity contribution in [3.8, 4) is 10.6 Å². The third-order valence-electron chi connectivity index (χ3n) is 5.89. The van der Waals surface area contributed by atoms with Crippen molar-refractivity contribution in [2.75, 3.05) is 25.0 Å². The van der Waals surface area contributed by atoms with E-state index in [4.69, 9.17) is 10.1 Å². The Hall–Kier alpha value is -2.99. The molecule has 0 spiro atoms. The SMILES string of the molecule is CC[N+](CC)=c1ccc2nc3c(cc(NCCCCCC(=O)O)c4ccccc43)sc-2c1. The summed E-state index contributed by atoms with van der Waals surface area (Å²) in [6.45, 7) is 7.16. The lowest BCUT2D eigenvalue weighted by Crippen LogP contribution is -2.29. The first-order valence-electron chi connectivity index (χ1n) is 11.4. The van der Waals surface area contributed by atoms with Gasteiger partial charge in [-0.1, -0.05) is 30.7 Å². The van der Waals surface area contributed by atoms with E-state index in [0.717, 1.165) is 61.2 Å². The molecule has 0 saturated heterocycles. The Kier molecular flexibility index (Phi) is 7.00. The van der Waals surface area contributed by atoms with Crippen LogP contribution in [-0.4, -0.2) is 35.7 Å². The highest BCUT2D eigenvalue weighted by Gasteiger charge is 2.14. The third-order valence-corrected chi connectivity index (χ3v) is 6.97. The summed E-state index contributed by atoms with van der Waals surface area (Å²) in [6.07, 6.45) is 2.83. The molecule has 2 aromatic carbocycles. The van der Waals surface area contributed by atoms with Gasteiger partial charge in [0, 0.05) is 41.6 Å². The average Bonchev–Trinajstić information content (AvgIpc) is 2.80. The summed E-state index contributed by atoms with van der Waals surface area (Å²) >= 11 is 1.79. The smallest absolute Gasteiger partial charge is 0.303 e. The second-order valence-corrected chi connectivity index (χ2v) is 9.07. The number of nitrogens with one attached hydrogen (secondary N) is 1. The van der Waals surface area contributed by atoms with Crippen molar-refractivity contribution in [2.45, 2.75) is 39.5 Å². The molecule has 0 aromatic heterocycles. The zero-order valence-corrected chi connectivity index (χ0v) is 19.5. The lowest BCUT2D eigenvalue weighted by atomic mass is 10.1. The molecule has 2 N–H and O–H groups in total. The van der Waals surface area contributed by atoms with E-state index in [0.29, 0.717) is 0 Å². The normalized spacial score (nSPS) is 11.3. The van der Waals surface area contributed by atoms with Gasteiger partial charge in [-0.25, -0.2) is 9.56 Å². The molecule has 0 unspecified atom stereocenters. The van der Waals surface area contributed by atoms with Crippen LogP contribution in [0.3, 0.4) is 0 Å². The molecule has 1 heterocycles. The maximum absolute atomic E-state index is 10.7. The van der Waals surface area contributed by atoms with E-state index in [1.54, 1.807) is 11.3 Å². The fourth-order valence-corrected chi connectivity index (χ4v) is 5.24. The van der Waals surface area contributed by atoms with Crippen LogP contribution in [0.4, 0.5) is 5.69 Å². The summed E-state index contributed by atoms with van der Waals surface area (Å²) in [7, 11) is 0. The molecule has 0 fully saturated rings. The first-order valence-corrected chi connectivity index (χ1v) is 12.2. The molecular formula is C26H30N3O2S+. The summed E-state index contributed by atoms with van der Waals surface area (Å²) in [4.78, 5) is 16.9. The number of carbonyl (C=O) groups is 1. The number of unbranched alkanes of at least 4 members (excludes halogenated alkanes) is 2. The minimum atomic E-state index is -0.719. The van der Waals surface area contributed by atoms with Crippen LogP contribution in [0.5, 0.6) is 0 Å². The largest absolute Gasteiger partial charge is 0.481 e. The Morgan fingerprint density at radius 1 is 1.03 bits per heavy atom.